The van der Waals surface area contributed by atoms with Crippen molar-refractivity contribution in [1.82, 2.24) is 5.32 Å². The molecule has 0 fully saturated rings. The quantitative estimate of drug-likeness (QED) is 0.878. The number of halogens is 1. The van der Waals surface area contributed by atoms with Crippen LogP contribution in [0.15, 0.2) is 35.7 Å². The Morgan fingerprint density at radius 3 is 2.59 bits per heavy atom. The first-order valence-corrected chi connectivity index (χ1v) is 5.90. The normalized spacial score (nSPS) is 10.2. The van der Waals surface area contributed by atoms with E-state index < -0.39 is 0 Å². The molecule has 0 spiro atoms. The number of hydrogen-bond donors (Lipinski definition) is 2. The van der Waals surface area contributed by atoms with Crippen LogP contribution in [0.1, 0.15) is 15.2 Å². The van der Waals surface area contributed by atoms with Crippen LogP contribution >= 0.6 is 11.3 Å². The van der Waals surface area contributed by atoms with Crippen LogP contribution in [0.3, 0.4) is 0 Å². The zero-order chi connectivity index (χ0) is 12.3. The maximum Gasteiger partial charge on any atom is 0.263 e. The Balaban J connectivity index is 1.97. The summed E-state index contributed by atoms with van der Waals surface area (Å²) >= 11 is 1.30. The van der Waals surface area contributed by atoms with E-state index in [1.807, 2.05) is 0 Å². The van der Waals surface area contributed by atoms with Crippen molar-refractivity contribution < 1.29 is 9.18 Å². The second kappa shape index (κ2) is 4.97. The van der Waals surface area contributed by atoms with Crippen LogP contribution in [0.5, 0.6) is 0 Å². The fraction of sp³-hybridized carbons (Fsp3) is 0.0833. The van der Waals surface area contributed by atoms with Crippen LogP contribution in [0.4, 0.5) is 10.1 Å². The van der Waals surface area contributed by atoms with E-state index in [9.17, 15) is 9.18 Å². The molecular formula is C12H11FN2OS. The summed E-state index contributed by atoms with van der Waals surface area (Å²) in [5, 5.41) is 4.50. The van der Waals surface area contributed by atoms with E-state index in [2.05, 4.69) is 5.32 Å². The Kier molecular flexibility index (Phi) is 3.39. The van der Waals surface area contributed by atoms with Crippen molar-refractivity contribution in [2.45, 2.75) is 6.54 Å². The monoisotopic (exact) mass is 250 g/mol. The molecule has 3 N–H and O–H groups in total. The summed E-state index contributed by atoms with van der Waals surface area (Å²) in [6.45, 7) is 0.358. The molecule has 0 bridgehead atoms. The first-order valence-electron chi connectivity index (χ1n) is 5.02. The highest BCUT2D eigenvalue weighted by molar-refractivity contribution is 7.12. The third-order valence-corrected chi connectivity index (χ3v) is 3.20. The number of anilines is 1. The smallest absolute Gasteiger partial charge is 0.263 e. The van der Waals surface area contributed by atoms with Gasteiger partial charge in [0.1, 0.15) is 10.7 Å². The summed E-state index contributed by atoms with van der Waals surface area (Å²) in [5.41, 5.74) is 6.95. The predicted molar refractivity (Wildman–Crippen MR) is 66.3 cm³/mol. The minimum absolute atomic E-state index is 0.207. The van der Waals surface area contributed by atoms with Crippen LogP contribution in [-0.2, 0) is 6.54 Å². The molecule has 5 heteroatoms. The van der Waals surface area contributed by atoms with E-state index >= 15 is 0 Å². The maximum atomic E-state index is 12.7. The zero-order valence-corrected chi connectivity index (χ0v) is 9.76. The summed E-state index contributed by atoms with van der Waals surface area (Å²) in [6, 6.07) is 7.68. The summed E-state index contributed by atoms with van der Waals surface area (Å²) < 4.78 is 12.7. The van der Waals surface area contributed by atoms with Gasteiger partial charge in [0, 0.05) is 6.54 Å². The third-order valence-electron chi connectivity index (χ3n) is 2.27. The number of thiophene rings is 1. The van der Waals surface area contributed by atoms with E-state index in [0.717, 1.165) is 5.56 Å². The molecule has 0 atom stereocenters. The van der Waals surface area contributed by atoms with Gasteiger partial charge in [-0.3, -0.25) is 4.79 Å². The molecule has 2 aromatic rings. The first kappa shape index (κ1) is 11.6. The Labute approximate surface area is 102 Å². The number of benzene rings is 1. The van der Waals surface area contributed by atoms with Crippen molar-refractivity contribution in [2.24, 2.45) is 0 Å². The van der Waals surface area contributed by atoms with E-state index in [1.165, 1.54) is 23.5 Å². The highest BCUT2D eigenvalue weighted by atomic mass is 32.1. The van der Waals surface area contributed by atoms with Gasteiger partial charge in [0.15, 0.2) is 0 Å². The highest BCUT2D eigenvalue weighted by Gasteiger charge is 2.10. The minimum atomic E-state index is -0.289. The molecule has 0 saturated carbocycles. The molecule has 1 aromatic carbocycles. The fourth-order valence-corrected chi connectivity index (χ4v) is 2.10. The van der Waals surface area contributed by atoms with Gasteiger partial charge in [0.2, 0.25) is 0 Å². The van der Waals surface area contributed by atoms with E-state index in [1.54, 1.807) is 23.6 Å². The summed E-state index contributed by atoms with van der Waals surface area (Å²) in [7, 11) is 0. The first-order chi connectivity index (χ1) is 8.16. The molecule has 88 valence electrons. The molecule has 17 heavy (non-hydrogen) atoms. The molecule has 0 radical (unpaired) electrons. The average Bonchev–Trinajstić information content (AvgIpc) is 2.74. The van der Waals surface area contributed by atoms with E-state index in [0.29, 0.717) is 17.1 Å². The molecule has 2 rings (SSSR count). The van der Waals surface area contributed by atoms with Crippen molar-refractivity contribution in [2.75, 3.05) is 5.73 Å². The summed E-state index contributed by atoms with van der Waals surface area (Å²) in [4.78, 5) is 12.2. The molecule has 1 amide bonds. The Morgan fingerprint density at radius 1 is 1.29 bits per heavy atom. The number of nitrogens with two attached hydrogens (primary N) is 1. The van der Waals surface area contributed by atoms with Gasteiger partial charge in [-0.05, 0) is 29.1 Å². The predicted octanol–water partition coefficient (Wildman–Crippen LogP) is 2.40. The standard InChI is InChI=1S/C12H11FN2OS/c13-9-3-1-8(2-4-9)7-15-12(16)11-10(14)5-6-17-11/h1-6H,7,14H2,(H,15,16). The van der Waals surface area contributed by atoms with Gasteiger partial charge in [0.05, 0.1) is 5.69 Å². The van der Waals surface area contributed by atoms with Crippen LogP contribution in [0.2, 0.25) is 0 Å². The topological polar surface area (TPSA) is 55.1 Å². The lowest BCUT2D eigenvalue weighted by molar-refractivity contribution is 0.0956. The van der Waals surface area contributed by atoms with Gasteiger partial charge >= 0.3 is 0 Å². The van der Waals surface area contributed by atoms with Gasteiger partial charge in [-0.25, -0.2) is 4.39 Å². The van der Waals surface area contributed by atoms with Crippen molar-refractivity contribution in [3.8, 4) is 0 Å². The number of amides is 1. The zero-order valence-electron chi connectivity index (χ0n) is 8.94. The second-order valence-electron chi connectivity index (χ2n) is 3.51. The Hall–Kier alpha value is -1.88. The lowest BCUT2D eigenvalue weighted by atomic mass is 10.2. The molecule has 0 aliphatic carbocycles. The van der Waals surface area contributed by atoms with Gasteiger partial charge in [-0.15, -0.1) is 11.3 Å². The molecular weight excluding hydrogens is 239 g/mol. The largest absolute Gasteiger partial charge is 0.397 e. The minimum Gasteiger partial charge on any atom is -0.397 e. The fourth-order valence-electron chi connectivity index (χ4n) is 1.37. The van der Waals surface area contributed by atoms with Crippen LogP contribution in [0.25, 0.3) is 0 Å². The van der Waals surface area contributed by atoms with Crippen LogP contribution in [-0.4, -0.2) is 5.91 Å². The lowest BCUT2D eigenvalue weighted by Gasteiger charge is -2.04. The van der Waals surface area contributed by atoms with Crippen molar-refractivity contribution in [1.29, 1.82) is 0 Å². The number of nitrogens with one attached hydrogen (secondary N) is 1. The molecule has 0 aliphatic heterocycles. The van der Waals surface area contributed by atoms with Crippen LogP contribution in [0, 0.1) is 5.82 Å². The number of nitrogen functional groups attached to an aromatic ring is 1. The van der Waals surface area contributed by atoms with E-state index in [4.69, 9.17) is 5.73 Å². The maximum absolute atomic E-state index is 12.7. The highest BCUT2D eigenvalue weighted by Crippen LogP contribution is 2.18. The molecule has 1 heterocycles. The second-order valence-corrected chi connectivity index (χ2v) is 4.43. The number of rotatable bonds is 3. The molecule has 0 aliphatic rings. The molecule has 0 saturated heterocycles. The van der Waals surface area contributed by atoms with E-state index in [-0.39, 0.29) is 11.7 Å². The van der Waals surface area contributed by atoms with Crippen molar-refractivity contribution >= 4 is 22.9 Å². The Bertz CT molecular complexity index is 522. The SMILES string of the molecule is Nc1ccsc1C(=O)NCc1ccc(F)cc1. The molecule has 3 nitrogen and oxygen atoms in total. The summed E-state index contributed by atoms with van der Waals surface area (Å²) in [6.07, 6.45) is 0. The third kappa shape index (κ3) is 2.82. The van der Waals surface area contributed by atoms with Crippen molar-refractivity contribution in [3.05, 3.63) is 52.0 Å². The number of carbonyl (C=O) groups is 1. The van der Waals surface area contributed by atoms with Crippen molar-refractivity contribution in [3.63, 3.8) is 0 Å². The average molecular weight is 250 g/mol. The lowest BCUT2D eigenvalue weighted by Crippen LogP contribution is -2.22. The van der Waals surface area contributed by atoms with Gasteiger partial charge in [0.25, 0.3) is 5.91 Å². The summed E-state index contributed by atoms with van der Waals surface area (Å²) in [5.74, 6) is -0.496. The Morgan fingerprint density at radius 2 is 2.00 bits per heavy atom. The molecule has 1 aromatic heterocycles. The number of hydrogen-bond acceptors (Lipinski definition) is 3. The molecule has 0 unspecified atom stereocenters. The van der Waals surface area contributed by atoms with Gasteiger partial charge in [-0.2, -0.15) is 0 Å². The van der Waals surface area contributed by atoms with Gasteiger partial charge in [-0.1, -0.05) is 12.1 Å². The van der Waals surface area contributed by atoms with Crippen LogP contribution < -0.4 is 11.1 Å². The number of carbonyl (C=O) groups excluding carboxylic acids is 1. The van der Waals surface area contributed by atoms with Gasteiger partial charge < -0.3 is 11.1 Å².